The van der Waals surface area contributed by atoms with Crippen LogP contribution in [0.1, 0.15) is 18.4 Å². The summed E-state index contributed by atoms with van der Waals surface area (Å²) < 4.78 is 11.9. The molecule has 1 unspecified atom stereocenters. The number of nitrogens with zero attached hydrogens (tertiary/aromatic N) is 1. The molecule has 2 aliphatic heterocycles. The first kappa shape index (κ1) is 13.2. The van der Waals surface area contributed by atoms with Gasteiger partial charge in [0.05, 0.1) is 4.47 Å². The van der Waals surface area contributed by atoms with Gasteiger partial charge in [-0.1, -0.05) is 0 Å². The normalized spacial score (nSPS) is 22.7. The summed E-state index contributed by atoms with van der Waals surface area (Å²) in [6, 6.07) is 4.85. The van der Waals surface area contributed by atoms with Gasteiger partial charge in [-0.15, -0.1) is 0 Å². The molecule has 0 saturated carbocycles. The average Bonchev–Trinajstić information content (AvgIpc) is 2.88. The zero-order valence-corrected chi connectivity index (χ0v) is 12.7. The number of rotatable bonds is 3. The van der Waals surface area contributed by atoms with Crippen molar-refractivity contribution in [1.29, 1.82) is 0 Å². The standard InChI is InChI=1S/C14H19BrN2O2/c1-16-11-3-2-4-17(8-11)7-10-5-12(15)14-13(6-10)18-9-19-14/h5-6,11,16H,2-4,7-9H2,1H3. The van der Waals surface area contributed by atoms with Crippen LogP contribution in [0.5, 0.6) is 11.5 Å². The van der Waals surface area contributed by atoms with Crippen molar-refractivity contribution in [3.05, 3.63) is 22.2 Å². The van der Waals surface area contributed by atoms with Crippen molar-refractivity contribution in [2.45, 2.75) is 25.4 Å². The number of hydrogen-bond acceptors (Lipinski definition) is 4. The van der Waals surface area contributed by atoms with Gasteiger partial charge in [0, 0.05) is 19.1 Å². The van der Waals surface area contributed by atoms with Gasteiger partial charge in [0.1, 0.15) is 0 Å². The Morgan fingerprint density at radius 3 is 3.16 bits per heavy atom. The number of hydrogen-bond donors (Lipinski definition) is 1. The molecule has 2 aliphatic rings. The fourth-order valence-corrected chi connectivity index (χ4v) is 3.41. The lowest BCUT2D eigenvalue weighted by Crippen LogP contribution is -2.43. The molecule has 1 N–H and O–H groups in total. The highest BCUT2D eigenvalue weighted by molar-refractivity contribution is 9.10. The molecule has 3 rings (SSSR count). The molecular formula is C14H19BrN2O2. The Balaban J connectivity index is 1.71. The Kier molecular flexibility index (Phi) is 3.96. The topological polar surface area (TPSA) is 33.7 Å². The van der Waals surface area contributed by atoms with Gasteiger partial charge in [0.25, 0.3) is 0 Å². The first-order chi connectivity index (χ1) is 9.26. The minimum Gasteiger partial charge on any atom is -0.454 e. The highest BCUT2D eigenvalue weighted by atomic mass is 79.9. The van der Waals surface area contributed by atoms with Crippen LogP contribution in [0.25, 0.3) is 0 Å². The number of likely N-dealkylation sites (N-methyl/N-ethyl adjacent to an activating group) is 1. The van der Waals surface area contributed by atoms with Crippen LogP contribution in [0.3, 0.4) is 0 Å². The van der Waals surface area contributed by atoms with Crippen molar-refractivity contribution < 1.29 is 9.47 Å². The molecule has 1 aromatic carbocycles. The third kappa shape index (κ3) is 2.88. The average molecular weight is 327 g/mol. The summed E-state index contributed by atoms with van der Waals surface area (Å²) in [5, 5.41) is 3.38. The van der Waals surface area contributed by atoms with Gasteiger partial charge in [0.2, 0.25) is 6.79 Å². The second-order valence-corrected chi connectivity index (χ2v) is 6.03. The van der Waals surface area contributed by atoms with E-state index in [2.05, 4.69) is 38.3 Å². The predicted octanol–water partition coefficient (Wildman–Crippen LogP) is 2.36. The molecule has 5 heteroatoms. The molecule has 0 amide bonds. The number of likely N-dealkylation sites (tertiary alicyclic amines) is 1. The summed E-state index contributed by atoms with van der Waals surface area (Å²) in [5.74, 6) is 1.68. The lowest BCUT2D eigenvalue weighted by atomic mass is 10.0. The maximum atomic E-state index is 5.47. The molecule has 1 aromatic rings. The number of ether oxygens (including phenoxy) is 2. The lowest BCUT2D eigenvalue weighted by Gasteiger charge is -2.32. The molecule has 0 radical (unpaired) electrons. The zero-order valence-electron chi connectivity index (χ0n) is 11.1. The highest BCUT2D eigenvalue weighted by Crippen LogP contribution is 2.40. The van der Waals surface area contributed by atoms with Crippen molar-refractivity contribution in [2.75, 3.05) is 26.9 Å². The van der Waals surface area contributed by atoms with Crippen molar-refractivity contribution in [3.63, 3.8) is 0 Å². The molecule has 104 valence electrons. The van der Waals surface area contributed by atoms with E-state index in [1.807, 2.05) is 7.05 Å². The van der Waals surface area contributed by atoms with Gasteiger partial charge in [-0.2, -0.15) is 0 Å². The van der Waals surface area contributed by atoms with Gasteiger partial charge in [-0.25, -0.2) is 0 Å². The molecule has 2 heterocycles. The van der Waals surface area contributed by atoms with Crippen LogP contribution in [-0.4, -0.2) is 37.9 Å². The van der Waals surface area contributed by atoms with Gasteiger partial charge >= 0.3 is 0 Å². The van der Waals surface area contributed by atoms with Gasteiger partial charge in [0.15, 0.2) is 11.5 Å². The zero-order chi connectivity index (χ0) is 13.2. The van der Waals surface area contributed by atoms with E-state index in [0.717, 1.165) is 29.1 Å². The van der Waals surface area contributed by atoms with E-state index < -0.39 is 0 Å². The quantitative estimate of drug-likeness (QED) is 0.924. The number of fused-ring (bicyclic) bond motifs is 1. The van der Waals surface area contributed by atoms with Crippen LogP contribution in [0.2, 0.25) is 0 Å². The fraction of sp³-hybridized carbons (Fsp3) is 0.571. The molecule has 1 fully saturated rings. The molecular weight excluding hydrogens is 308 g/mol. The molecule has 1 saturated heterocycles. The molecule has 0 aliphatic carbocycles. The molecule has 0 bridgehead atoms. The smallest absolute Gasteiger partial charge is 0.231 e. The second-order valence-electron chi connectivity index (χ2n) is 5.17. The van der Waals surface area contributed by atoms with E-state index in [1.54, 1.807) is 0 Å². The molecule has 4 nitrogen and oxygen atoms in total. The lowest BCUT2D eigenvalue weighted by molar-refractivity contribution is 0.173. The van der Waals surface area contributed by atoms with Crippen LogP contribution in [0, 0.1) is 0 Å². The number of halogens is 1. The van der Waals surface area contributed by atoms with Crippen molar-refractivity contribution >= 4 is 15.9 Å². The summed E-state index contributed by atoms with van der Waals surface area (Å²) >= 11 is 3.55. The first-order valence-electron chi connectivity index (χ1n) is 6.74. The number of piperidine rings is 1. The minimum atomic E-state index is 0.322. The summed E-state index contributed by atoms with van der Waals surface area (Å²) in [7, 11) is 2.05. The summed E-state index contributed by atoms with van der Waals surface area (Å²) in [6.45, 7) is 3.57. The van der Waals surface area contributed by atoms with Gasteiger partial charge < -0.3 is 14.8 Å². The van der Waals surface area contributed by atoms with Gasteiger partial charge in [-0.05, 0) is 60.1 Å². The van der Waals surface area contributed by atoms with Gasteiger partial charge in [-0.3, -0.25) is 4.90 Å². The molecule has 0 spiro atoms. The van der Waals surface area contributed by atoms with E-state index in [0.29, 0.717) is 12.8 Å². The molecule has 0 aromatic heterocycles. The highest BCUT2D eigenvalue weighted by Gasteiger charge is 2.21. The first-order valence-corrected chi connectivity index (χ1v) is 7.53. The van der Waals surface area contributed by atoms with Crippen LogP contribution >= 0.6 is 15.9 Å². The van der Waals surface area contributed by atoms with Crippen molar-refractivity contribution in [1.82, 2.24) is 10.2 Å². The predicted molar refractivity (Wildman–Crippen MR) is 77.6 cm³/mol. The second kappa shape index (κ2) is 5.69. The Labute approximate surface area is 122 Å². The monoisotopic (exact) mass is 326 g/mol. The van der Waals surface area contributed by atoms with E-state index in [1.165, 1.54) is 24.9 Å². The minimum absolute atomic E-state index is 0.322. The van der Waals surface area contributed by atoms with E-state index in [9.17, 15) is 0 Å². The fourth-order valence-electron chi connectivity index (χ4n) is 2.81. The Hall–Kier alpha value is -0.780. The number of benzene rings is 1. The van der Waals surface area contributed by atoms with E-state index in [4.69, 9.17) is 9.47 Å². The van der Waals surface area contributed by atoms with Crippen molar-refractivity contribution in [2.24, 2.45) is 0 Å². The Morgan fingerprint density at radius 1 is 1.42 bits per heavy atom. The van der Waals surface area contributed by atoms with E-state index in [-0.39, 0.29) is 0 Å². The SMILES string of the molecule is CNC1CCCN(Cc2cc(Br)c3c(c2)OCO3)C1. The maximum Gasteiger partial charge on any atom is 0.231 e. The summed E-state index contributed by atoms with van der Waals surface area (Å²) in [6.07, 6.45) is 2.54. The summed E-state index contributed by atoms with van der Waals surface area (Å²) in [4.78, 5) is 2.49. The van der Waals surface area contributed by atoms with Crippen LogP contribution in [0.4, 0.5) is 0 Å². The third-order valence-corrected chi connectivity index (χ3v) is 4.40. The molecule has 19 heavy (non-hydrogen) atoms. The number of nitrogens with one attached hydrogen (secondary N) is 1. The molecule has 1 atom stereocenters. The van der Waals surface area contributed by atoms with Crippen LogP contribution in [0.15, 0.2) is 16.6 Å². The Bertz CT molecular complexity index is 467. The largest absolute Gasteiger partial charge is 0.454 e. The van der Waals surface area contributed by atoms with Crippen molar-refractivity contribution in [3.8, 4) is 11.5 Å². The van der Waals surface area contributed by atoms with Crippen LogP contribution in [-0.2, 0) is 6.54 Å². The Morgan fingerprint density at radius 2 is 2.32 bits per heavy atom. The third-order valence-electron chi connectivity index (χ3n) is 3.81. The maximum absolute atomic E-state index is 5.47. The summed E-state index contributed by atoms with van der Waals surface area (Å²) in [5.41, 5.74) is 1.27. The van der Waals surface area contributed by atoms with Crippen LogP contribution < -0.4 is 14.8 Å². The van der Waals surface area contributed by atoms with E-state index >= 15 is 0 Å².